The van der Waals surface area contributed by atoms with E-state index in [1.54, 1.807) is 6.07 Å². The molecule has 0 aliphatic heterocycles. The van der Waals surface area contributed by atoms with Gasteiger partial charge in [-0.3, -0.25) is 4.79 Å². The minimum atomic E-state index is -3.51. The van der Waals surface area contributed by atoms with Crippen LogP contribution in [0.2, 0.25) is 0 Å². The summed E-state index contributed by atoms with van der Waals surface area (Å²) in [5.41, 5.74) is 0.543. The number of anilines is 1. The number of hydrogen-bond donors (Lipinski definition) is 1. The molecule has 0 spiro atoms. The minimum Gasteiger partial charge on any atom is -0.452 e. The standard InChI is InChI=1S/C17H14N2O5S/c1-25(22,23)15-8-3-2-7-14(15)19-16(20)11-24-17(21)13-6-4-5-12(9-13)10-18/h2-9H,11H2,1H3,(H,19,20). The third-order valence-corrected chi connectivity index (χ3v) is 4.28. The van der Waals surface area contributed by atoms with Crippen molar-refractivity contribution in [3.05, 3.63) is 59.7 Å². The maximum absolute atomic E-state index is 11.9. The molecule has 0 aliphatic rings. The quantitative estimate of drug-likeness (QED) is 0.815. The number of benzene rings is 2. The summed E-state index contributed by atoms with van der Waals surface area (Å²) in [6, 6.07) is 13.7. The van der Waals surface area contributed by atoms with Gasteiger partial charge in [-0.25, -0.2) is 13.2 Å². The number of rotatable bonds is 5. The van der Waals surface area contributed by atoms with E-state index in [1.807, 2.05) is 6.07 Å². The first-order valence-electron chi connectivity index (χ1n) is 7.07. The molecule has 0 aromatic heterocycles. The molecule has 8 heteroatoms. The molecule has 2 aromatic rings. The van der Waals surface area contributed by atoms with Crippen molar-refractivity contribution in [1.29, 1.82) is 5.26 Å². The number of para-hydroxylation sites is 1. The van der Waals surface area contributed by atoms with Gasteiger partial charge in [-0.2, -0.15) is 5.26 Å². The normalized spacial score (nSPS) is 10.6. The van der Waals surface area contributed by atoms with Crippen molar-refractivity contribution in [2.45, 2.75) is 4.90 Å². The number of carbonyl (C=O) groups excluding carboxylic acids is 2. The zero-order valence-electron chi connectivity index (χ0n) is 13.2. The second-order valence-corrected chi connectivity index (χ2v) is 7.07. The van der Waals surface area contributed by atoms with Crippen LogP contribution in [0.25, 0.3) is 0 Å². The maximum Gasteiger partial charge on any atom is 0.338 e. The molecule has 2 aromatic carbocycles. The van der Waals surface area contributed by atoms with Gasteiger partial charge in [0.2, 0.25) is 0 Å². The Labute approximate surface area is 144 Å². The molecule has 0 aliphatic carbocycles. The Hall–Kier alpha value is -3.18. The van der Waals surface area contributed by atoms with E-state index in [9.17, 15) is 18.0 Å². The maximum atomic E-state index is 11.9. The number of amides is 1. The van der Waals surface area contributed by atoms with E-state index in [-0.39, 0.29) is 16.1 Å². The molecule has 2 rings (SSSR count). The second kappa shape index (κ2) is 7.59. The fraction of sp³-hybridized carbons (Fsp3) is 0.118. The van der Waals surface area contributed by atoms with Crippen molar-refractivity contribution in [1.82, 2.24) is 0 Å². The lowest BCUT2D eigenvalue weighted by molar-refractivity contribution is -0.119. The Morgan fingerprint density at radius 2 is 1.88 bits per heavy atom. The second-order valence-electron chi connectivity index (χ2n) is 5.09. The molecule has 0 heterocycles. The Bertz CT molecular complexity index is 961. The molecule has 1 N–H and O–H groups in total. The van der Waals surface area contributed by atoms with Crippen LogP contribution < -0.4 is 5.32 Å². The molecular formula is C17H14N2O5S. The summed E-state index contributed by atoms with van der Waals surface area (Å²) < 4.78 is 28.2. The number of nitriles is 1. The monoisotopic (exact) mass is 358 g/mol. The first kappa shape index (κ1) is 18.2. The lowest BCUT2D eigenvalue weighted by Crippen LogP contribution is -2.22. The van der Waals surface area contributed by atoms with Crippen LogP contribution in [-0.4, -0.2) is 33.2 Å². The highest BCUT2D eigenvalue weighted by Gasteiger charge is 2.16. The number of sulfone groups is 1. The SMILES string of the molecule is CS(=O)(=O)c1ccccc1NC(=O)COC(=O)c1cccc(C#N)c1. The summed E-state index contributed by atoms with van der Waals surface area (Å²) in [6.45, 7) is -0.590. The third kappa shape index (κ3) is 4.89. The Kier molecular flexibility index (Phi) is 5.52. The molecule has 0 atom stereocenters. The van der Waals surface area contributed by atoms with Crippen LogP contribution in [0.3, 0.4) is 0 Å². The van der Waals surface area contributed by atoms with Crippen molar-refractivity contribution in [3.63, 3.8) is 0 Å². The van der Waals surface area contributed by atoms with E-state index in [4.69, 9.17) is 10.00 Å². The molecule has 0 bridgehead atoms. The predicted molar refractivity (Wildman–Crippen MR) is 89.6 cm³/mol. The first-order chi connectivity index (χ1) is 11.8. The number of nitrogens with zero attached hydrogens (tertiary/aromatic N) is 1. The fourth-order valence-electron chi connectivity index (χ4n) is 2.01. The van der Waals surface area contributed by atoms with Gasteiger partial charge in [0.1, 0.15) is 0 Å². The highest BCUT2D eigenvalue weighted by atomic mass is 32.2. The van der Waals surface area contributed by atoms with Gasteiger partial charge in [0, 0.05) is 6.26 Å². The lowest BCUT2D eigenvalue weighted by atomic mass is 10.1. The van der Waals surface area contributed by atoms with Crippen molar-refractivity contribution >= 4 is 27.4 Å². The highest BCUT2D eigenvalue weighted by molar-refractivity contribution is 7.90. The fourth-order valence-corrected chi connectivity index (χ4v) is 2.85. The summed E-state index contributed by atoms with van der Waals surface area (Å²) in [7, 11) is -3.51. The first-order valence-corrected chi connectivity index (χ1v) is 8.96. The van der Waals surface area contributed by atoms with Crippen LogP contribution in [0.5, 0.6) is 0 Å². The number of nitrogens with one attached hydrogen (secondary N) is 1. The van der Waals surface area contributed by atoms with Gasteiger partial charge in [0.05, 0.1) is 27.8 Å². The molecule has 0 radical (unpaired) electrons. The van der Waals surface area contributed by atoms with E-state index in [0.717, 1.165) is 6.26 Å². The molecule has 1 amide bonds. The Morgan fingerprint density at radius 1 is 1.16 bits per heavy atom. The van der Waals surface area contributed by atoms with E-state index >= 15 is 0 Å². The van der Waals surface area contributed by atoms with Crippen LogP contribution in [0.4, 0.5) is 5.69 Å². The number of ether oxygens (including phenoxy) is 1. The molecule has 0 saturated carbocycles. The van der Waals surface area contributed by atoms with Crippen LogP contribution in [0.15, 0.2) is 53.4 Å². The molecule has 128 valence electrons. The minimum absolute atomic E-state index is 0.0311. The summed E-state index contributed by atoms with van der Waals surface area (Å²) in [4.78, 5) is 23.8. The van der Waals surface area contributed by atoms with Gasteiger partial charge in [0.25, 0.3) is 5.91 Å². The van der Waals surface area contributed by atoms with Gasteiger partial charge < -0.3 is 10.1 Å². The van der Waals surface area contributed by atoms with E-state index < -0.39 is 28.3 Å². The smallest absolute Gasteiger partial charge is 0.338 e. The Balaban J connectivity index is 2.02. The summed E-state index contributed by atoms with van der Waals surface area (Å²) >= 11 is 0. The van der Waals surface area contributed by atoms with Gasteiger partial charge in [-0.05, 0) is 30.3 Å². The predicted octanol–water partition coefficient (Wildman–Crippen LogP) is 1.76. The van der Waals surface area contributed by atoms with E-state index in [0.29, 0.717) is 5.56 Å². The van der Waals surface area contributed by atoms with Crippen molar-refractivity contribution in [2.24, 2.45) is 0 Å². The zero-order chi connectivity index (χ0) is 18.4. The topological polar surface area (TPSA) is 113 Å². The third-order valence-electron chi connectivity index (χ3n) is 3.12. The molecular weight excluding hydrogens is 344 g/mol. The van der Waals surface area contributed by atoms with Gasteiger partial charge in [-0.1, -0.05) is 18.2 Å². The lowest BCUT2D eigenvalue weighted by Gasteiger charge is -2.10. The molecule has 0 saturated heterocycles. The van der Waals surface area contributed by atoms with Crippen molar-refractivity contribution < 1.29 is 22.7 Å². The average molecular weight is 358 g/mol. The zero-order valence-corrected chi connectivity index (χ0v) is 14.0. The van der Waals surface area contributed by atoms with E-state index in [2.05, 4.69) is 5.32 Å². The number of carbonyl (C=O) groups is 2. The number of hydrogen-bond acceptors (Lipinski definition) is 6. The van der Waals surface area contributed by atoms with Gasteiger partial charge in [0.15, 0.2) is 16.4 Å². The molecule has 0 unspecified atom stereocenters. The van der Waals surface area contributed by atoms with Crippen LogP contribution in [0.1, 0.15) is 15.9 Å². The average Bonchev–Trinajstić information content (AvgIpc) is 2.59. The molecule has 7 nitrogen and oxygen atoms in total. The van der Waals surface area contributed by atoms with Crippen molar-refractivity contribution in [3.8, 4) is 6.07 Å². The summed E-state index contributed by atoms with van der Waals surface area (Å²) in [5.74, 6) is -1.44. The largest absolute Gasteiger partial charge is 0.452 e. The summed E-state index contributed by atoms with van der Waals surface area (Å²) in [6.07, 6.45) is 1.03. The van der Waals surface area contributed by atoms with Gasteiger partial charge in [-0.15, -0.1) is 0 Å². The van der Waals surface area contributed by atoms with Crippen molar-refractivity contribution in [2.75, 3.05) is 18.2 Å². The van der Waals surface area contributed by atoms with Crippen LogP contribution in [0, 0.1) is 11.3 Å². The Morgan fingerprint density at radius 3 is 2.56 bits per heavy atom. The van der Waals surface area contributed by atoms with E-state index in [1.165, 1.54) is 42.5 Å². The molecule has 0 fully saturated rings. The summed E-state index contributed by atoms with van der Waals surface area (Å²) in [5, 5.41) is 11.2. The van der Waals surface area contributed by atoms with Gasteiger partial charge >= 0.3 is 5.97 Å². The van der Waals surface area contributed by atoms with Crippen LogP contribution >= 0.6 is 0 Å². The molecule has 25 heavy (non-hydrogen) atoms. The number of esters is 1. The van der Waals surface area contributed by atoms with Crippen LogP contribution in [-0.2, 0) is 19.4 Å². The highest BCUT2D eigenvalue weighted by Crippen LogP contribution is 2.20.